The van der Waals surface area contributed by atoms with Crippen molar-refractivity contribution in [3.8, 4) is 5.75 Å². The number of carbonyl (C=O) groups excluding carboxylic acids is 3. The van der Waals surface area contributed by atoms with Crippen LogP contribution in [0.15, 0.2) is 48.5 Å². The Hall–Kier alpha value is -4.61. The van der Waals surface area contributed by atoms with E-state index in [1.54, 1.807) is 12.1 Å². The van der Waals surface area contributed by atoms with Crippen LogP contribution in [0.5, 0.6) is 5.75 Å². The van der Waals surface area contributed by atoms with E-state index in [1.807, 2.05) is 19.9 Å². The van der Waals surface area contributed by atoms with E-state index in [0.717, 1.165) is 17.2 Å². The van der Waals surface area contributed by atoms with Crippen molar-refractivity contribution in [2.75, 3.05) is 17.7 Å². The summed E-state index contributed by atoms with van der Waals surface area (Å²) in [6.07, 6.45) is -4.32. The molecule has 0 aromatic heterocycles. The summed E-state index contributed by atoms with van der Waals surface area (Å²) >= 11 is 0. The van der Waals surface area contributed by atoms with Crippen LogP contribution in [0.4, 0.5) is 28.9 Å². The number of carbonyl (C=O) groups is 3. The van der Waals surface area contributed by atoms with E-state index >= 15 is 4.39 Å². The Balaban J connectivity index is 1.58. The molecule has 2 atom stereocenters. The molecule has 6 rings (SSSR count). The number of likely N-dealkylation sites (N-methyl/N-ethyl adjacent to an activating group) is 1. The van der Waals surface area contributed by atoms with Crippen molar-refractivity contribution in [1.82, 2.24) is 10.2 Å². The molecule has 3 amide bonds. The molecule has 0 aliphatic carbocycles. The first-order valence-electron chi connectivity index (χ1n) is 13.7. The first kappa shape index (κ1) is 29.9. The fourth-order valence-electron chi connectivity index (χ4n) is 5.51. The minimum absolute atomic E-state index is 0.00269. The van der Waals surface area contributed by atoms with Gasteiger partial charge in [-0.25, -0.2) is 4.39 Å². The predicted octanol–water partition coefficient (Wildman–Crippen LogP) is 5.92. The average Bonchev–Trinajstić information content (AvgIpc) is 3.29. The minimum Gasteiger partial charge on any atom is -0.405 e. The van der Waals surface area contributed by atoms with Crippen LogP contribution in [0.1, 0.15) is 69.9 Å². The molecule has 3 heterocycles. The molecule has 3 aromatic carbocycles. The van der Waals surface area contributed by atoms with E-state index in [1.165, 1.54) is 36.2 Å². The molecular formula is C31H30F4N4O4. The van der Waals surface area contributed by atoms with Crippen LogP contribution in [-0.2, 0) is 22.7 Å². The molecular weight excluding hydrogens is 568 g/mol. The lowest BCUT2D eigenvalue weighted by Gasteiger charge is -2.28. The zero-order chi connectivity index (χ0) is 31.1. The molecule has 4 bridgehead atoms. The van der Waals surface area contributed by atoms with Gasteiger partial charge in [0, 0.05) is 43.4 Å². The van der Waals surface area contributed by atoms with Crippen molar-refractivity contribution in [2.45, 2.75) is 58.1 Å². The molecule has 3 aromatic rings. The number of anilines is 2. The van der Waals surface area contributed by atoms with Crippen LogP contribution in [-0.4, -0.2) is 36.0 Å². The summed E-state index contributed by atoms with van der Waals surface area (Å²) < 4.78 is 59.1. The number of nitrogens with zero attached hydrogens (tertiary/aromatic N) is 1. The van der Waals surface area contributed by atoms with E-state index in [2.05, 4.69) is 20.7 Å². The second-order valence-corrected chi connectivity index (χ2v) is 10.9. The summed E-state index contributed by atoms with van der Waals surface area (Å²) in [6, 6.07) is 10.5. The van der Waals surface area contributed by atoms with Gasteiger partial charge in [0.2, 0.25) is 11.8 Å². The lowest BCUT2D eigenvalue weighted by atomic mass is 9.89. The number of amides is 3. The van der Waals surface area contributed by atoms with E-state index in [-0.39, 0.29) is 59.7 Å². The van der Waals surface area contributed by atoms with E-state index in [0.29, 0.717) is 17.5 Å². The highest BCUT2D eigenvalue weighted by Crippen LogP contribution is 2.34. The van der Waals surface area contributed by atoms with Crippen molar-refractivity contribution in [3.63, 3.8) is 0 Å². The number of halogens is 4. The number of ether oxygens (including phenoxy) is 1. The Morgan fingerprint density at radius 1 is 1.02 bits per heavy atom. The van der Waals surface area contributed by atoms with Gasteiger partial charge in [-0.2, -0.15) is 0 Å². The van der Waals surface area contributed by atoms with Gasteiger partial charge in [0.25, 0.3) is 5.91 Å². The third-order valence-electron chi connectivity index (χ3n) is 7.74. The summed E-state index contributed by atoms with van der Waals surface area (Å²) in [6.45, 7) is 3.71. The first-order valence-corrected chi connectivity index (χ1v) is 13.7. The highest BCUT2D eigenvalue weighted by Gasteiger charge is 2.33. The molecule has 43 heavy (non-hydrogen) atoms. The summed E-state index contributed by atoms with van der Waals surface area (Å²) in [7, 11) is 1.40. The van der Waals surface area contributed by atoms with Crippen LogP contribution in [0, 0.1) is 12.7 Å². The SMILES string of the molecule is Cc1cc2ccc1[C@@H](C)CCC(=O)Nc1ccc(OC(F)(F)F)c(c1)CN(C)C(=O)[C@@H]2Nc1cc2c(cc1F)CNC2=O. The molecule has 3 aliphatic rings. The molecule has 12 heteroatoms. The molecule has 0 fully saturated rings. The fraction of sp³-hybridized carbons (Fsp3) is 0.323. The third-order valence-corrected chi connectivity index (χ3v) is 7.74. The van der Waals surface area contributed by atoms with Gasteiger partial charge in [-0.1, -0.05) is 25.1 Å². The van der Waals surface area contributed by atoms with Crippen LogP contribution < -0.4 is 20.7 Å². The van der Waals surface area contributed by atoms with E-state index < -0.39 is 29.9 Å². The van der Waals surface area contributed by atoms with Crippen LogP contribution in [0.25, 0.3) is 0 Å². The monoisotopic (exact) mass is 598 g/mol. The van der Waals surface area contributed by atoms with Crippen molar-refractivity contribution < 1.29 is 36.7 Å². The minimum atomic E-state index is -4.99. The van der Waals surface area contributed by atoms with Gasteiger partial charge >= 0.3 is 6.36 Å². The summed E-state index contributed by atoms with van der Waals surface area (Å²) in [4.78, 5) is 40.1. The average molecular weight is 599 g/mol. The summed E-state index contributed by atoms with van der Waals surface area (Å²) in [5, 5.41) is 8.30. The molecule has 8 nitrogen and oxygen atoms in total. The number of hydrogen-bond donors (Lipinski definition) is 3. The maximum absolute atomic E-state index is 15.2. The lowest BCUT2D eigenvalue weighted by molar-refractivity contribution is -0.275. The quantitative estimate of drug-likeness (QED) is 0.325. The zero-order valence-corrected chi connectivity index (χ0v) is 23.7. The molecule has 0 radical (unpaired) electrons. The van der Waals surface area contributed by atoms with Gasteiger partial charge < -0.3 is 25.6 Å². The number of benzene rings is 3. The summed E-state index contributed by atoms with van der Waals surface area (Å²) in [5.41, 5.74) is 3.26. The lowest BCUT2D eigenvalue weighted by Crippen LogP contribution is -2.35. The third kappa shape index (κ3) is 6.58. The smallest absolute Gasteiger partial charge is 0.405 e. The number of rotatable bonds is 3. The van der Waals surface area contributed by atoms with Crippen molar-refractivity contribution in [1.29, 1.82) is 0 Å². The molecule has 0 saturated heterocycles. The molecule has 0 spiro atoms. The molecule has 226 valence electrons. The standard InChI is InChI=1S/C31H30F4N4O4/c1-16-4-9-27(40)37-21-6-8-26(43-31(33,34)35)20(11-21)15-39(3)30(42)28(18-5-7-22(16)17(2)10-18)38-25-13-23-19(12-24(25)32)14-36-29(23)41/h5-8,10-13,16,28,38H,4,9,14-15H2,1-3H3,(H,36,41)(H,37,40)/t16-,28+/m0/s1. The van der Waals surface area contributed by atoms with Gasteiger partial charge in [-0.05, 0) is 71.8 Å². The van der Waals surface area contributed by atoms with Crippen molar-refractivity contribution >= 4 is 29.1 Å². The maximum Gasteiger partial charge on any atom is 0.573 e. The first-order chi connectivity index (χ1) is 20.3. The van der Waals surface area contributed by atoms with E-state index in [9.17, 15) is 27.6 Å². The number of fused-ring (bicyclic) bond motifs is 10. The Labute approximate surface area is 245 Å². The van der Waals surface area contributed by atoms with Gasteiger partial charge in [0.1, 0.15) is 17.6 Å². The van der Waals surface area contributed by atoms with Crippen LogP contribution in [0.3, 0.4) is 0 Å². The zero-order valence-electron chi connectivity index (χ0n) is 23.7. The topological polar surface area (TPSA) is 99.8 Å². The van der Waals surface area contributed by atoms with Crippen LogP contribution >= 0.6 is 0 Å². The van der Waals surface area contributed by atoms with Gasteiger partial charge in [-0.3, -0.25) is 14.4 Å². The molecule has 0 unspecified atom stereocenters. The molecule has 0 saturated carbocycles. The second-order valence-electron chi connectivity index (χ2n) is 10.9. The largest absolute Gasteiger partial charge is 0.573 e. The Morgan fingerprint density at radius 2 is 1.79 bits per heavy atom. The molecule has 3 N–H and O–H groups in total. The number of hydrogen-bond acceptors (Lipinski definition) is 5. The van der Waals surface area contributed by atoms with Crippen molar-refractivity contribution in [3.05, 3.63) is 87.7 Å². The van der Waals surface area contributed by atoms with Crippen LogP contribution in [0.2, 0.25) is 0 Å². The normalized spacial score (nSPS) is 19.1. The number of alkyl halides is 3. The van der Waals surface area contributed by atoms with Gasteiger partial charge in [-0.15, -0.1) is 13.2 Å². The Morgan fingerprint density at radius 3 is 2.51 bits per heavy atom. The Bertz CT molecular complexity index is 1610. The maximum atomic E-state index is 15.2. The highest BCUT2D eigenvalue weighted by atomic mass is 19.4. The second kappa shape index (κ2) is 11.6. The fourth-order valence-corrected chi connectivity index (χ4v) is 5.51. The number of aryl methyl sites for hydroxylation is 1. The summed E-state index contributed by atoms with van der Waals surface area (Å²) in [5.74, 6) is -2.46. The highest BCUT2D eigenvalue weighted by molar-refractivity contribution is 5.99. The Kier molecular flexibility index (Phi) is 8.04. The van der Waals surface area contributed by atoms with Crippen molar-refractivity contribution in [2.24, 2.45) is 0 Å². The van der Waals surface area contributed by atoms with E-state index in [4.69, 9.17) is 0 Å². The number of nitrogens with one attached hydrogen (secondary N) is 3. The molecule has 3 aliphatic heterocycles. The van der Waals surface area contributed by atoms with Gasteiger partial charge in [0.15, 0.2) is 0 Å². The predicted molar refractivity (Wildman–Crippen MR) is 151 cm³/mol. The van der Waals surface area contributed by atoms with Gasteiger partial charge in [0.05, 0.1) is 5.69 Å².